The van der Waals surface area contributed by atoms with E-state index >= 15 is 0 Å². The number of imidazole rings is 1. The van der Waals surface area contributed by atoms with Gasteiger partial charge in [0, 0.05) is 35.2 Å². The second kappa shape index (κ2) is 8.77. The van der Waals surface area contributed by atoms with Gasteiger partial charge in [0.25, 0.3) is 0 Å². The van der Waals surface area contributed by atoms with Crippen LogP contribution in [-0.4, -0.2) is 36.1 Å². The Balaban J connectivity index is 1.77. The lowest BCUT2D eigenvalue weighted by Gasteiger charge is -2.13. The first-order valence-corrected chi connectivity index (χ1v) is 9.32. The summed E-state index contributed by atoms with van der Waals surface area (Å²) in [6.07, 6.45) is 3.95. The monoisotopic (exact) mass is 431 g/mol. The molecule has 3 rings (SSSR count). The fraction of sp³-hybridized carbons (Fsp3) is 0.263. The van der Waals surface area contributed by atoms with Crippen LogP contribution in [0.25, 0.3) is 5.65 Å². The summed E-state index contributed by atoms with van der Waals surface area (Å²) in [7, 11) is 3.23. The highest BCUT2D eigenvalue weighted by molar-refractivity contribution is 9.10. The number of aromatic nitrogens is 2. The van der Waals surface area contributed by atoms with Crippen molar-refractivity contribution in [2.45, 2.75) is 13.5 Å². The van der Waals surface area contributed by atoms with Gasteiger partial charge in [0.05, 0.1) is 26.5 Å². The molecule has 1 aromatic carbocycles. The lowest BCUT2D eigenvalue weighted by molar-refractivity contribution is 0.355. The van der Waals surface area contributed by atoms with Gasteiger partial charge in [-0.05, 0) is 47.1 Å². The van der Waals surface area contributed by atoms with Gasteiger partial charge in [0.2, 0.25) is 0 Å². The minimum atomic E-state index is 0.460. The maximum Gasteiger partial charge on any atom is 0.196 e. The molecule has 7 nitrogen and oxygen atoms in total. The molecule has 3 aromatic rings. The van der Waals surface area contributed by atoms with E-state index in [1.807, 2.05) is 54.0 Å². The summed E-state index contributed by atoms with van der Waals surface area (Å²) < 4.78 is 13.6. The molecule has 0 spiro atoms. The van der Waals surface area contributed by atoms with E-state index in [-0.39, 0.29) is 0 Å². The number of methoxy groups -OCH3 is 2. The molecule has 0 amide bonds. The van der Waals surface area contributed by atoms with Crippen LogP contribution < -0.4 is 20.1 Å². The Morgan fingerprint density at radius 1 is 1.15 bits per heavy atom. The molecule has 0 aliphatic carbocycles. The first kappa shape index (κ1) is 19.0. The zero-order valence-electron chi connectivity index (χ0n) is 15.5. The Bertz CT molecular complexity index is 954. The lowest BCUT2D eigenvalue weighted by atomic mass is 10.3. The van der Waals surface area contributed by atoms with Crippen molar-refractivity contribution in [2.75, 3.05) is 26.1 Å². The van der Waals surface area contributed by atoms with Crippen LogP contribution in [0.1, 0.15) is 12.6 Å². The molecule has 2 aromatic heterocycles. The molecule has 0 aliphatic heterocycles. The van der Waals surface area contributed by atoms with Gasteiger partial charge in [0.1, 0.15) is 5.65 Å². The van der Waals surface area contributed by atoms with Crippen molar-refractivity contribution >= 4 is 33.2 Å². The van der Waals surface area contributed by atoms with Gasteiger partial charge in [-0.1, -0.05) is 0 Å². The maximum absolute atomic E-state index is 5.35. The molecule has 0 unspecified atom stereocenters. The van der Waals surface area contributed by atoms with Gasteiger partial charge < -0.3 is 24.5 Å². The van der Waals surface area contributed by atoms with Crippen LogP contribution >= 0.6 is 15.9 Å². The van der Waals surface area contributed by atoms with Crippen LogP contribution in [0, 0.1) is 0 Å². The molecule has 0 bridgehead atoms. The number of anilines is 1. The van der Waals surface area contributed by atoms with Crippen LogP contribution in [0.4, 0.5) is 5.69 Å². The van der Waals surface area contributed by atoms with E-state index < -0.39 is 0 Å². The van der Waals surface area contributed by atoms with E-state index in [4.69, 9.17) is 9.47 Å². The molecular weight excluding hydrogens is 410 g/mol. The summed E-state index contributed by atoms with van der Waals surface area (Å²) in [5.74, 6) is 2.01. The molecule has 27 heavy (non-hydrogen) atoms. The molecule has 2 heterocycles. The number of fused-ring (bicyclic) bond motifs is 1. The lowest BCUT2D eigenvalue weighted by Crippen LogP contribution is -2.30. The Morgan fingerprint density at radius 2 is 1.96 bits per heavy atom. The number of nitrogens with zero attached hydrogens (tertiary/aromatic N) is 3. The maximum atomic E-state index is 5.35. The first-order valence-electron chi connectivity index (χ1n) is 8.53. The number of rotatable bonds is 6. The Hall–Kier alpha value is -2.74. The summed E-state index contributed by atoms with van der Waals surface area (Å²) in [6.45, 7) is 3.23. The summed E-state index contributed by atoms with van der Waals surface area (Å²) in [5, 5.41) is 6.52. The third-order valence-corrected chi connectivity index (χ3v) is 4.32. The average Bonchev–Trinajstić information content (AvgIpc) is 3.08. The van der Waals surface area contributed by atoms with E-state index in [0.717, 1.165) is 28.0 Å². The summed E-state index contributed by atoms with van der Waals surface area (Å²) >= 11 is 3.47. The second-order valence-corrected chi connectivity index (χ2v) is 6.65. The van der Waals surface area contributed by atoms with Gasteiger partial charge in [-0.25, -0.2) is 9.98 Å². The minimum absolute atomic E-state index is 0.460. The van der Waals surface area contributed by atoms with Gasteiger partial charge in [0.15, 0.2) is 17.5 Å². The molecular formula is C19H22BrN5O2. The third-order valence-electron chi connectivity index (χ3n) is 3.85. The fourth-order valence-electron chi connectivity index (χ4n) is 2.61. The first-order chi connectivity index (χ1) is 13.1. The Kier molecular flexibility index (Phi) is 6.18. The number of nitrogens with one attached hydrogen (secondary N) is 2. The van der Waals surface area contributed by atoms with E-state index in [1.54, 1.807) is 14.2 Å². The number of ether oxygens (including phenoxy) is 2. The van der Waals surface area contributed by atoms with Crippen LogP contribution in [0.5, 0.6) is 11.5 Å². The Morgan fingerprint density at radius 3 is 2.70 bits per heavy atom. The van der Waals surface area contributed by atoms with Crippen LogP contribution in [0.3, 0.4) is 0 Å². The molecule has 8 heteroatoms. The van der Waals surface area contributed by atoms with Gasteiger partial charge in [-0.15, -0.1) is 0 Å². The molecule has 0 atom stereocenters. The summed E-state index contributed by atoms with van der Waals surface area (Å²) in [5.41, 5.74) is 2.63. The van der Waals surface area contributed by atoms with Gasteiger partial charge in [-0.2, -0.15) is 0 Å². The molecule has 0 radical (unpaired) electrons. The largest absolute Gasteiger partial charge is 0.493 e. The smallest absolute Gasteiger partial charge is 0.196 e. The number of guanidine groups is 1. The van der Waals surface area contributed by atoms with Crippen molar-refractivity contribution in [3.63, 3.8) is 0 Å². The number of halogens is 1. The van der Waals surface area contributed by atoms with Crippen LogP contribution in [0.2, 0.25) is 0 Å². The van der Waals surface area contributed by atoms with Crippen LogP contribution in [0.15, 0.2) is 52.2 Å². The van der Waals surface area contributed by atoms with Crippen molar-refractivity contribution in [3.8, 4) is 11.5 Å². The number of benzene rings is 1. The second-order valence-electron chi connectivity index (χ2n) is 5.73. The van der Waals surface area contributed by atoms with E-state index in [9.17, 15) is 0 Å². The highest BCUT2D eigenvalue weighted by Crippen LogP contribution is 2.29. The SMILES string of the molecule is CCNC(=NCc1cn2cc(Br)ccc2n1)Nc1ccc(OC)c(OC)c1. The highest BCUT2D eigenvalue weighted by Gasteiger charge is 2.07. The molecule has 0 aliphatic rings. The van der Waals surface area contributed by atoms with E-state index in [0.29, 0.717) is 24.0 Å². The Labute approximate surface area is 166 Å². The third kappa shape index (κ3) is 4.71. The predicted octanol–water partition coefficient (Wildman–Crippen LogP) is 3.69. The number of hydrogen-bond acceptors (Lipinski definition) is 4. The van der Waals surface area contributed by atoms with Crippen molar-refractivity contribution in [1.82, 2.24) is 14.7 Å². The quantitative estimate of drug-likeness (QED) is 0.459. The number of pyridine rings is 1. The zero-order chi connectivity index (χ0) is 19.2. The normalized spacial score (nSPS) is 11.5. The van der Waals surface area contributed by atoms with Gasteiger partial charge in [-0.3, -0.25) is 0 Å². The molecule has 0 saturated carbocycles. The number of aliphatic imine (C=N–C) groups is 1. The topological polar surface area (TPSA) is 72.2 Å². The predicted molar refractivity (Wildman–Crippen MR) is 111 cm³/mol. The molecule has 142 valence electrons. The summed E-state index contributed by atoms with van der Waals surface area (Å²) in [4.78, 5) is 9.22. The van der Waals surface area contributed by atoms with E-state index in [2.05, 4.69) is 36.5 Å². The highest BCUT2D eigenvalue weighted by atomic mass is 79.9. The summed E-state index contributed by atoms with van der Waals surface area (Å²) in [6, 6.07) is 9.57. The van der Waals surface area contributed by atoms with Crippen molar-refractivity contribution in [1.29, 1.82) is 0 Å². The minimum Gasteiger partial charge on any atom is -0.493 e. The van der Waals surface area contributed by atoms with E-state index in [1.165, 1.54) is 0 Å². The van der Waals surface area contributed by atoms with Crippen LogP contribution in [-0.2, 0) is 6.54 Å². The zero-order valence-corrected chi connectivity index (χ0v) is 17.1. The standard InChI is InChI=1S/C19H22BrN5O2/c1-4-21-19(24-14-6-7-16(26-2)17(9-14)27-3)22-10-15-12-25-11-13(20)5-8-18(25)23-15/h5-9,11-12H,4,10H2,1-3H3,(H2,21,22,24). The molecule has 0 saturated heterocycles. The fourth-order valence-corrected chi connectivity index (χ4v) is 2.96. The van der Waals surface area contributed by atoms with Gasteiger partial charge >= 0.3 is 0 Å². The van der Waals surface area contributed by atoms with Crippen molar-refractivity contribution < 1.29 is 9.47 Å². The van der Waals surface area contributed by atoms with Crippen molar-refractivity contribution in [2.24, 2.45) is 4.99 Å². The number of hydrogen-bond donors (Lipinski definition) is 2. The average molecular weight is 432 g/mol. The van der Waals surface area contributed by atoms with Crippen molar-refractivity contribution in [3.05, 3.63) is 52.9 Å². The molecule has 0 fully saturated rings. The molecule has 2 N–H and O–H groups in total.